The molecule has 52 heavy (non-hydrogen) atoms. The standard InChI is InChI=1S/C26H37N5O2.C17H21NO/c1-5-11-30-17-19(25(32)31(26(33)27-6-2)13-8-12-29(3)4)14-21-20-9-7-10-22-24(20)18(16-28-22)15-23(21)30;1-14-8-6-7-11-16(14)17(19-13-12-18-2)15-9-4-3-5-10-15/h5,7,9-10,16,19,21,23,28H,1,6,8,11-15,17H2,2-4H3,(H,27,33);3-11,17-18H,12-13H2,1-2H3/t19-,21-,23-;/m1./s1. The zero-order valence-corrected chi connectivity index (χ0v) is 31.7. The minimum atomic E-state index is -0.280. The molecule has 3 aromatic carbocycles. The van der Waals surface area contributed by atoms with Gasteiger partial charge in [0.25, 0.3) is 0 Å². The van der Waals surface area contributed by atoms with Crippen molar-refractivity contribution < 1.29 is 14.3 Å². The van der Waals surface area contributed by atoms with Gasteiger partial charge in [-0.15, -0.1) is 6.58 Å². The predicted molar refractivity (Wildman–Crippen MR) is 212 cm³/mol. The van der Waals surface area contributed by atoms with Crippen molar-refractivity contribution in [2.24, 2.45) is 5.92 Å². The quantitative estimate of drug-likeness (QED) is 0.102. The van der Waals surface area contributed by atoms with E-state index in [1.807, 2.05) is 40.2 Å². The van der Waals surface area contributed by atoms with E-state index in [1.54, 1.807) is 0 Å². The number of H-pyrrole nitrogens is 1. The van der Waals surface area contributed by atoms with Gasteiger partial charge in [-0.1, -0.05) is 72.8 Å². The van der Waals surface area contributed by atoms with Crippen LogP contribution in [0, 0.1) is 12.8 Å². The van der Waals surface area contributed by atoms with Gasteiger partial charge in [0.2, 0.25) is 5.91 Å². The summed E-state index contributed by atoms with van der Waals surface area (Å²) in [5.41, 5.74) is 7.55. The van der Waals surface area contributed by atoms with E-state index in [2.05, 4.69) is 112 Å². The van der Waals surface area contributed by atoms with E-state index in [-0.39, 0.29) is 29.9 Å². The largest absolute Gasteiger partial charge is 0.367 e. The van der Waals surface area contributed by atoms with Crippen molar-refractivity contribution in [3.63, 3.8) is 0 Å². The Morgan fingerprint density at radius 2 is 1.83 bits per heavy atom. The highest BCUT2D eigenvalue weighted by Gasteiger charge is 2.44. The number of hydrogen-bond acceptors (Lipinski definition) is 6. The minimum Gasteiger partial charge on any atom is -0.367 e. The molecule has 2 aliphatic rings. The normalized spacial score (nSPS) is 18.6. The van der Waals surface area contributed by atoms with Crippen LogP contribution in [0.1, 0.15) is 59.6 Å². The first kappa shape index (κ1) is 38.9. The van der Waals surface area contributed by atoms with Crippen LogP contribution in [0.2, 0.25) is 0 Å². The van der Waals surface area contributed by atoms with Crippen LogP contribution in [-0.2, 0) is 16.0 Å². The number of rotatable bonds is 14. The summed E-state index contributed by atoms with van der Waals surface area (Å²) in [5.74, 6) is -0.0133. The van der Waals surface area contributed by atoms with E-state index in [4.69, 9.17) is 4.74 Å². The SMILES string of the molecule is C=CCN1C[C@H](C(=O)N(CCCN(C)C)C(=O)NCC)C[C@@H]2c3cccc4[nH]cc(c34)C[C@H]21.CNCCOC(c1ccccc1)c1ccccc1C. The number of amides is 3. The number of piperidine rings is 1. The van der Waals surface area contributed by atoms with E-state index in [0.29, 0.717) is 32.3 Å². The van der Waals surface area contributed by atoms with Crippen LogP contribution in [0.15, 0.2) is 91.6 Å². The number of nitrogens with one attached hydrogen (secondary N) is 3. The molecule has 0 radical (unpaired) electrons. The van der Waals surface area contributed by atoms with Gasteiger partial charge in [0, 0.05) is 61.8 Å². The number of ether oxygens (including phenoxy) is 1. The fourth-order valence-corrected chi connectivity index (χ4v) is 7.83. The fourth-order valence-electron chi connectivity index (χ4n) is 7.83. The Bertz CT molecular complexity index is 1750. The van der Waals surface area contributed by atoms with E-state index in [0.717, 1.165) is 44.4 Å². The molecule has 9 nitrogen and oxygen atoms in total. The molecule has 1 aliphatic carbocycles. The lowest BCUT2D eigenvalue weighted by molar-refractivity contribution is -0.135. The molecule has 3 amide bonds. The number of fused-ring (bicyclic) bond motifs is 2. The molecule has 278 valence electrons. The first-order chi connectivity index (χ1) is 25.3. The van der Waals surface area contributed by atoms with Gasteiger partial charge in [-0.25, -0.2) is 4.79 Å². The molecule has 1 saturated heterocycles. The number of aryl methyl sites for hydroxylation is 1. The Hall–Kier alpha value is -4.28. The molecule has 3 N–H and O–H groups in total. The van der Waals surface area contributed by atoms with Gasteiger partial charge < -0.3 is 25.3 Å². The summed E-state index contributed by atoms with van der Waals surface area (Å²) in [4.78, 5) is 35.9. The van der Waals surface area contributed by atoms with Crippen LogP contribution in [0.3, 0.4) is 0 Å². The van der Waals surface area contributed by atoms with Crippen molar-refractivity contribution in [3.8, 4) is 0 Å². The van der Waals surface area contributed by atoms with Gasteiger partial charge in [-0.3, -0.25) is 14.6 Å². The number of hydrogen-bond donors (Lipinski definition) is 3. The summed E-state index contributed by atoms with van der Waals surface area (Å²) in [6, 6.07) is 25.3. The highest BCUT2D eigenvalue weighted by atomic mass is 16.5. The van der Waals surface area contributed by atoms with Gasteiger partial charge in [0.05, 0.1) is 12.5 Å². The molecule has 1 aromatic heterocycles. The van der Waals surface area contributed by atoms with Crippen LogP contribution in [-0.4, -0.2) is 105 Å². The first-order valence-corrected chi connectivity index (χ1v) is 18.8. The molecule has 6 rings (SSSR count). The maximum Gasteiger partial charge on any atom is 0.324 e. The minimum absolute atomic E-state index is 0.00995. The van der Waals surface area contributed by atoms with Crippen molar-refractivity contribution in [2.45, 2.75) is 51.2 Å². The zero-order valence-electron chi connectivity index (χ0n) is 31.7. The van der Waals surface area contributed by atoms with Crippen molar-refractivity contribution >= 4 is 22.8 Å². The number of urea groups is 1. The topological polar surface area (TPSA) is 92.9 Å². The second-order valence-electron chi connectivity index (χ2n) is 14.2. The maximum absolute atomic E-state index is 13.7. The molecule has 4 aromatic rings. The Labute approximate surface area is 310 Å². The van der Waals surface area contributed by atoms with Gasteiger partial charge >= 0.3 is 6.03 Å². The van der Waals surface area contributed by atoms with Crippen molar-refractivity contribution in [3.05, 3.63) is 119 Å². The van der Waals surface area contributed by atoms with Crippen LogP contribution in [0.5, 0.6) is 0 Å². The molecule has 9 heteroatoms. The third kappa shape index (κ3) is 9.38. The van der Waals surface area contributed by atoms with Crippen LogP contribution in [0.25, 0.3) is 10.9 Å². The molecule has 2 heterocycles. The molecule has 0 spiro atoms. The number of carbonyl (C=O) groups is 2. The average Bonchev–Trinajstić information content (AvgIpc) is 3.57. The third-order valence-corrected chi connectivity index (χ3v) is 10.3. The number of likely N-dealkylation sites (N-methyl/N-ethyl adjacent to an activating group) is 1. The lowest BCUT2D eigenvalue weighted by Crippen LogP contribution is -2.55. The predicted octanol–water partition coefficient (Wildman–Crippen LogP) is 6.51. The summed E-state index contributed by atoms with van der Waals surface area (Å²) >= 11 is 0. The highest BCUT2D eigenvalue weighted by Crippen LogP contribution is 2.45. The van der Waals surface area contributed by atoms with Gasteiger partial charge in [0.15, 0.2) is 0 Å². The Morgan fingerprint density at radius 3 is 2.54 bits per heavy atom. The molecular formula is C43H58N6O3. The molecular weight excluding hydrogens is 649 g/mol. The van der Waals surface area contributed by atoms with Crippen molar-refractivity contribution in [1.29, 1.82) is 0 Å². The summed E-state index contributed by atoms with van der Waals surface area (Å²) in [6.45, 7) is 12.7. The Balaban J connectivity index is 0.000000233. The lowest BCUT2D eigenvalue weighted by atomic mass is 9.72. The maximum atomic E-state index is 13.7. The second-order valence-corrected chi connectivity index (χ2v) is 14.2. The Kier molecular flexibility index (Phi) is 14.2. The van der Waals surface area contributed by atoms with E-state index < -0.39 is 0 Å². The van der Waals surface area contributed by atoms with E-state index in [1.165, 1.54) is 38.1 Å². The molecule has 4 atom stereocenters. The van der Waals surface area contributed by atoms with Gasteiger partial charge in [-0.2, -0.15) is 0 Å². The molecule has 1 aliphatic heterocycles. The smallest absolute Gasteiger partial charge is 0.324 e. The average molecular weight is 707 g/mol. The van der Waals surface area contributed by atoms with Crippen molar-refractivity contribution in [2.75, 3.05) is 67.0 Å². The number of benzene rings is 3. The zero-order chi connectivity index (χ0) is 37.0. The van der Waals surface area contributed by atoms with Crippen LogP contribution < -0.4 is 10.6 Å². The molecule has 0 bridgehead atoms. The molecule has 0 saturated carbocycles. The molecule has 1 unspecified atom stereocenters. The van der Waals surface area contributed by atoms with Crippen molar-refractivity contribution in [1.82, 2.24) is 30.3 Å². The number of imide groups is 1. The summed E-state index contributed by atoms with van der Waals surface area (Å²) in [5, 5.41) is 7.27. The van der Waals surface area contributed by atoms with Crippen LogP contribution in [0.4, 0.5) is 4.79 Å². The van der Waals surface area contributed by atoms with Gasteiger partial charge in [-0.05, 0) is 94.7 Å². The third-order valence-electron chi connectivity index (χ3n) is 10.3. The highest BCUT2D eigenvalue weighted by molar-refractivity contribution is 5.96. The number of carbonyl (C=O) groups excluding carboxylic acids is 2. The fraction of sp³-hybridized carbons (Fsp3) is 0.442. The number of aromatic nitrogens is 1. The van der Waals surface area contributed by atoms with E-state index in [9.17, 15) is 9.59 Å². The first-order valence-electron chi connectivity index (χ1n) is 18.8. The van der Waals surface area contributed by atoms with Crippen LogP contribution >= 0.6 is 0 Å². The molecule has 1 fully saturated rings. The number of likely N-dealkylation sites (tertiary alicyclic amines) is 1. The number of nitrogens with zero attached hydrogens (tertiary/aromatic N) is 3. The summed E-state index contributed by atoms with van der Waals surface area (Å²) < 4.78 is 6.07. The van der Waals surface area contributed by atoms with Gasteiger partial charge in [0.1, 0.15) is 6.10 Å². The van der Waals surface area contributed by atoms with E-state index >= 15 is 0 Å². The Morgan fingerprint density at radius 1 is 1.06 bits per heavy atom. The monoisotopic (exact) mass is 706 g/mol. The second kappa shape index (κ2) is 19.0. The summed E-state index contributed by atoms with van der Waals surface area (Å²) in [7, 11) is 5.95. The lowest BCUT2D eigenvalue weighted by Gasteiger charge is -2.47. The number of aromatic amines is 1. The summed E-state index contributed by atoms with van der Waals surface area (Å²) in [6.07, 6.45) is 6.57.